The number of unbranched alkanes of at least 4 members (excludes halogenated alkanes) is 4. The summed E-state index contributed by atoms with van der Waals surface area (Å²) in [5.74, 6) is -2.07. The van der Waals surface area contributed by atoms with Crippen molar-refractivity contribution in [1.82, 2.24) is 0 Å². The Labute approximate surface area is 693 Å². The molecule has 0 aliphatic heterocycles. The highest BCUT2D eigenvalue weighted by atomic mass is 32.1. The first kappa shape index (κ1) is 82.1. The van der Waals surface area contributed by atoms with E-state index in [0.29, 0.717) is 82.9 Å². The van der Waals surface area contributed by atoms with Gasteiger partial charge in [-0.1, -0.05) is 181 Å². The van der Waals surface area contributed by atoms with Gasteiger partial charge in [-0.3, -0.25) is 9.59 Å². The highest BCUT2D eigenvalue weighted by molar-refractivity contribution is 7.32. The standard InChI is InChI=1S/C98H92F4N4O6S4/c1-9-17-21-57(13-5)53-109-67-33-25-63(26-34-67)97(64-27-35-68(36-28-64)110-54-58(14-6)22-18-10-2)87-91(79-43-71(113-95(79)97)41-77-85(61(49-103)50-104)73-45-81(99)83(101)47-75(73)89(77)107)115-94-88-92(116-93(87)94)80-44-72(42-78-86(62(51-105)52-106)74-46-82(100)84(102)48-76(74)90(78)108)114-96(80)98(88,65-29-37-69(38-30-65)111-55-59(15-7)23-19-11-3)66-31-39-70(40-32-66)112-56-60(16-8)24-20-12-4/h25-48,57-60H,9-24,53-56H2,1-8H3/b77-41-,78-42-. The van der Waals surface area contributed by atoms with E-state index in [-0.39, 0.29) is 44.5 Å². The molecular weight excluding hydrogens is 1530 g/mol. The lowest BCUT2D eigenvalue weighted by Crippen LogP contribution is -2.28. The van der Waals surface area contributed by atoms with E-state index in [1.165, 1.54) is 22.7 Å². The molecule has 0 saturated heterocycles. The van der Waals surface area contributed by atoms with Gasteiger partial charge in [0.25, 0.3) is 0 Å². The zero-order chi connectivity index (χ0) is 81.7. The van der Waals surface area contributed by atoms with Crippen molar-refractivity contribution in [2.24, 2.45) is 23.7 Å². The van der Waals surface area contributed by atoms with Gasteiger partial charge in [-0.25, -0.2) is 17.6 Å². The van der Waals surface area contributed by atoms with Crippen molar-refractivity contribution in [3.8, 4) is 68.2 Å². The summed E-state index contributed by atoms with van der Waals surface area (Å²) in [6.45, 7) is 19.7. The molecule has 116 heavy (non-hydrogen) atoms. The van der Waals surface area contributed by atoms with Gasteiger partial charge in [0.15, 0.2) is 34.8 Å². The third-order valence-corrected chi connectivity index (χ3v) is 28.9. The van der Waals surface area contributed by atoms with Crippen LogP contribution in [0.15, 0.2) is 156 Å². The van der Waals surface area contributed by atoms with Crippen LogP contribution >= 0.6 is 45.3 Å². The highest BCUT2D eigenvalue weighted by Crippen LogP contribution is 2.71. The number of nitrogens with zero attached hydrogens (tertiary/aromatic N) is 4. The van der Waals surface area contributed by atoms with E-state index in [1.807, 2.05) is 72.8 Å². The third-order valence-electron chi connectivity index (χ3n) is 23.9. The smallest absolute Gasteiger partial charge is 0.194 e. The maximum atomic E-state index is 15.4. The number of carbonyl (C=O) groups is 2. The lowest BCUT2D eigenvalue weighted by atomic mass is 9.70. The van der Waals surface area contributed by atoms with E-state index in [9.17, 15) is 30.6 Å². The Morgan fingerprint density at radius 3 is 0.897 bits per heavy atom. The molecule has 0 fully saturated rings. The number of ether oxygens (including phenoxy) is 4. The summed E-state index contributed by atoms with van der Waals surface area (Å²) in [4.78, 5) is 34.6. The predicted octanol–water partition coefficient (Wildman–Crippen LogP) is 26.9. The molecule has 592 valence electrons. The van der Waals surface area contributed by atoms with Crippen molar-refractivity contribution in [1.29, 1.82) is 21.0 Å². The molecule has 0 amide bonds. The van der Waals surface area contributed by atoms with Gasteiger partial charge in [-0.05, 0) is 180 Å². The van der Waals surface area contributed by atoms with Crippen LogP contribution < -0.4 is 18.9 Å². The van der Waals surface area contributed by atoms with Crippen LogP contribution in [0.5, 0.6) is 23.0 Å². The number of hydrogen-bond donors (Lipinski definition) is 0. The third kappa shape index (κ3) is 15.0. The Morgan fingerprint density at radius 1 is 0.379 bits per heavy atom. The van der Waals surface area contributed by atoms with Crippen LogP contribution in [0.3, 0.4) is 0 Å². The molecule has 4 unspecified atom stereocenters. The zero-order valence-corrected chi connectivity index (χ0v) is 70.0. The molecule has 4 atom stereocenters. The molecule has 0 saturated carbocycles. The number of thiophene rings is 4. The van der Waals surface area contributed by atoms with Crippen LogP contribution in [0.4, 0.5) is 17.6 Å². The number of allylic oxidation sites excluding steroid dienone is 6. The number of hydrogen-bond acceptors (Lipinski definition) is 14. The molecular formula is C98H92F4N4O6S4. The minimum absolute atomic E-state index is 0.0490. The first-order valence-corrected chi connectivity index (χ1v) is 44.1. The normalized spacial score (nSPS) is 17.2. The van der Waals surface area contributed by atoms with Crippen molar-refractivity contribution in [2.75, 3.05) is 26.4 Å². The molecule has 4 aliphatic carbocycles. The second kappa shape index (κ2) is 35.6. The molecule has 4 heterocycles. The number of ketones is 2. The van der Waals surface area contributed by atoms with Crippen LogP contribution in [-0.2, 0) is 10.8 Å². The predicted molar refractivity (Wildman–Crippen MR) is 459 cm³/mol. The van der Waals surface area contributed by atoms with E-state index < -0.39 is 56.8 Å². The number of halogens is 4. The van der Waals surface area contributed by atoms with Crippen LogP contribution in [0, 0.1) is 92.3 Å². The number of nitriles is 4. The topological polar surface area (TPSA) is 166 Å². The van der Waals surface area contributed by atoms with E-state index in [2.05, 4.69) is 116 Å². The Kier molecular flexibility index (Phi) is 25.2. The fourth-order valence-corrected chi connectivity index (χ4v) is 23.2. The first-order chi connectivity index (χ1) is 56.4. The molecule has 0 N–H and O–H groups in total. The number of fused-ring (bicyclic) bond motifs is 11. The molecule has 0 spiro atoms. The van der Waals surface area contributed by atoms with Crippen LogP contribution in [0.1, 0.15) is 243 Å². The van der Waals surface area contributed by atoms with E-state index in [1.54, 1.807) is 34.8 Å². The van der Waals surface area contributed by atoms with Gasteiger partial charge in [-0.2, -0.15) is 21.0 Å². The van der Waals surface area contributed by atoms with E-state index in [0.717, 1.165) is 200 Å². The van der Waals surface area contributed by atoms with Crippen molar-refractivity contribution in [3.63, 3.8) is 0 Å². The van der Waals surface area contributed by atoms with Gasteiger partial charge < -0.3 is 18.9 Å². The summed E-state index contributed by atoms with van der Waals surface area (Å²) in [5, 5.41) is 42.2. The zero-order valence-electron chi connectivity index (χ0n) is 66.7. The van der Waals surface area contributed by atoms with Crippen molar-refractivity contribution in [3.05, 3.63) is 254 Å². The summed E-state index contributed by atoms with van der Waals surface area (Å²) in [6.07, 6.45) is 20.0. The molecule has 18 heteroatoms. The SMILES string of the molecule is CCCCC(CC)COc1ccc(C2(c3ccc(OCC(CC)CCCC)cc3)c3sc(/C=C4\C(=O)c5cc(F)c(F)cc5C4=C(C#N)C#N)cc3-c3sc4c5c(sc4c32)-c2cc(/C=C3\C(=O)c4cc(F)c(F)cc4C3=C(C#N)C#N)sc2C5(c2ccc(OCC(CC)CCCC)cc2)c2ccc(OCC(CC)CCCC)cc2)cc1. The maximum Gasteiger partial charge on any atom is 0.194 e. The summed E-state index contributed by atoms with van der Waals surface area (Å²) in [5.41, 5.74) is 3.39. The number of rotatable bonds is 34. The summed E-state index contributed by atoms with van der Waals surface area (Å²) in [7, 11) is 0. The van der Waals surface area contributed by atoms with Crippen LogP contribution in [0.2, 0.25) is 0 Å². The summed E-state index contributed by atoms with van der Waals surface area (Å²) >= 11 is 6.22. The molecule has 10 aromatic rings. The van der Waals surface area contributed by atoms with Crippen LogP contribution in [-0.4, -0.2) is 38.0 Å². The number of carbonyl (C=O) groups excluding carboxylic acids is 2. The van der Waals surface area contributed by atoms with Gasteiger partial charge in [0.1, 0.15) is 58.4 Å². The Hall–Kier alpha value is -10.4. The minimum Gasteiger partial charge on any atom is -0.493 e. The molecule has 4 aliphatic rings. The van der Waals surface area contributed by atoms with Crippen molar-refractivity contribution in [2.45, 2.75) is 169 Å². The summed E-state index contributed by atoms with van der Waals surface area (Å²) < 4.78 is 90.3. The first-order valence-electron chi connectivity index (χ1n) is 40.9. The van der Waals surface area contributed by atoms with Crippen molar-refractivity contribution < 1.29 is 46.1 Å². The van der Waals surface area contributed by atoms with Crippen LogP contribution in [0.25, 0.3) is 53.6 Å². The van der Waals surface area contributed by atoms with Gasteiger partial charge in [0, 0.05) is 84.9 Å². The number of Topliss-reactive ketones (excluding diaryl/α,β-unsaturated/α-hetero) is 2. The Bertz CT molecular complexity index is 5220. The van der Waals surface area contributed by atoms with Gasteiger partial charge in [-0.15, -0.1) is 45.3 Å². The fourth-order valence-electron chi connectivity index (χ4n) is 17.2. The van der Waals surface area contributed by atoms with E-state index >= 15 is 17.6 Å². The molecule has 4 aromatic heterocycles. The molecule has 0 radical (unpaired) electrons. The molecule has 10 nitrogen and oxygen atoms in total. The molecule has 14 rings (SSSR count). The lowest BCUT2D eigenvalue weighted by Gasteiger charge is -2.33. The largest absolute Gasteiger partial charge is 0.493 e. The maximum absolute atomic E-state index is 15.4. The average molecular weight is 1630 g/mol. The lowest BCUT2D eigenvalue weighted by molar-refractivity contribution is 0.103. The minimum atomic E-state index is -1.24. The Balaban J connectivity index is 1.06. The van der Waals surface area contributed by atoms with Gasteiger partial charge in [0.05, 0.1) is 46.7 Å². The van der Waals surface area contributed by atoms with Gasteiger partial charge >= 0.3 is 0 Å². The molecule has 6 aromatic carbocycles. The second-order valence-corrected chi connectivity index (χ2v) is 35.1. The Morgan fingerprint density at radius 2 is 0.647 bits per heavy atom. The average Bonchev–Trinajstić information content (AvgIpc) is 1.48. The van der Waals surface area contributed by atoms with Crippen molar-refractivity contribution >= 4 is 89.6 Å². The fraction of sp³-hybridized carbons (Fsp3) is 0.347. The second-order valence-electron chi connectivity index (χ2n) is 30.9. The van der Waals surface area contributed by atoms with Gasteiger partial charge in [0.2, 0.25) is 0 Å². The van der Waals surface area contributed by atoms with E-state index in [4.69, 9.17) is 18.9 Å². The monoisotopic (exact) mass is 1620 g/mol. The highest BCUT2D eigenvalue weighted by Gasteiger charge is 2.56. The summed E-state index contributed by atoms with van der Waals surface area (Å²) in [6, 6.07) is 48.8. The quantitative estimate of drug-likeness (QED) is 0.0215. The molecule has 0 bridgehead atoms. The number of benzene rings is 6.